The van der Waals surface area contributed by atoms with Crippen LogP contribution < -0.4 is 11.1 Å². The molecule has 1 saturated heterocycles. The number of carbonyl (C=O) groups is 1. The molecule has 1 rings (SSSR count). The lowest BCUT2D eigenvalue weighted by atomic mass is 9.84. The van der Waals surface area contributed by atoms with E-state index in [4.69, 9.17) is 10.5 Å². The highest BCUT2D eigenvalue weighted by atomic mass is 16.5. The number of nitrogens with one attached hydrogen (secondary N) is 1. The van der Waals surface area contributed by atoms with Gasteiger partial charge in [-0.1, -0.05) is 20.8 Å². The third kappa shape index (κ3) is 3.68. The van der Waals surface area contributed by atoms with Gasteiger partial charge in [-0.05, 0) is 38.1 Å². The summed E-state index contributed by atoms with van der Waals surface area (Å²) in [6.07, 6.45) is 2.56. The van der Waals surface area contributed by atoms with Crippen molar-refractivity contribution in [2.75, 3.05) is 13.2 Å². The van der Waals surface area contributed by atoms with Crippen molar-refractivity contribution in [1.82, 2.24) is 5.32 Å². The first-order valence-electron chi connectivity index (χ1n) is 6.44. The zero-order valence-electron chi connectivity index (χ0n) is 11.5. The van der Waals surface area contributed by atoms with Crippen molar-refractivity contribution in [3.05, 3.63) is 0 Å². The molecule has 3 N–H and O–H groups in total. The topological polar surface area (TPSA) is 64.4 Å². The van der Waals surface area contributed by atoms with Crippen LogP contribution in [-0.2, 0) is 9.53 Å². The summed E-state index contributed by atoms with van der Waals surface area (Å²) in [5.41, 5.74) is 4.98. The number of nitrogens with two attached hydrogens (primary N) is 1. The van der Waals surface area contributed by atoms with Gasteiger partial charge < -0.3 is 15.8 Å². The van der Waals surface area contributed by atoms with Crippen LogP contribution in [0, 0.1) is 5.41 Å². The average Bonchev–Trinajstić information content (AvgIpc) is 2.64. The van der Waals surface area contributed by atoms with Crippen LogP contribution in [0.15, 0.2) is 0 Å². The Morgan fingerprint density at radius 3 is 2.59 bits per heavy atom. The lowest BCUT2D eigenvalue weighted by molar-refractivity contribution is -0.141. The Hall–Kier alpha value is -0.610. The Bertz CT molecular complexity index is 265. The summed E-state index contributed by atoms with van der Waals surface area (Å²) in [7, 11) is 0. The van der Waals surface area contributed by atoms with Gasteiger partial charge in [0.05, 0.1) is 0 Å². The molecule has 17 heavy (non-hydrogen) atoms. The Labute approximate surface area is 104 Å². The van der Waals surface area contributed by atoms with Crippen LogP contribution in [0.5, 0.6) is 0 Å². The maximum atomic E-state index is 12.2. The molecule has 4 nitrogen and oxygen atoms in total. The third-order valence-electron chi connectivity index (χ3n) is 3.51. The maximum Gasteiger partial charge on any atom is 0.252 e. The van der Waals surface area contributed by atoms with Gasteiger partial charge in [0, 0.05) is 12.6 Å². The highest BCUT2D eigenvalue weighted by Gasteiger charge is 2.39. The number of rotatable bonds is 4. The molecule has 2 unspecified atom stereocenters. The quantitative estimate of drug-likeness (QED) is 0.784. The van der Waals surface area contributed by atoms with Crippen LogP contribution in [0.25, 0.3) is 0 Å². The van der Waals surface area contributed by atoms with E-state index in [-0.39, 0.29) is 17.4 Å². The number of carbonyl (C=O) groups excluding carboxylic acids is 1. The first-order valence-corrected chi connectivity index (χ1v) is 6.44. The van der Waals surface area contributed by atoms with Crippen molar-refractivity contribution in [1.29, 1.82) is 0 Å². The van der Waals surface area contributed by atoms with Crippen molar-refractivity contribution in [3.63, 3.8) is 0 Å². The molecular formula is C13H26N2O2. The second kappa shape index (κ2) is 5.36. The minimum absolute atomic E-state index is 0.00313. The van der Waals surface area contributed by atoms with E-state index in [1.807, 2.05) is 6.92 Å². The molecule has 0 aliphatic carbocycles. The Kier molecular flexibility index (Phi) is 4.55. The normalized spacial score (nSPS) is 26.9. The lowest BCUT2D eigenvalue weighted by Gasteiger charge is -2.34. The molecule has 1 heterocycles. The van der Waals surface area contributed by atoms with Crippen LogP contribution in [0.2, 0.25) is 0 Å². The number of hydrogen-bond acceptors (Lipinski definition) is 3. The van der Waals surface area contributed by atoms with Crippen LogP contribution in [0.4, 0.5) is 0 Å². The van der Waals surface area contributed by atoms with E-state index < -0.39 is 5.60 Å². The predicted octanol–water partition coefficient (Wildman–Crippen LogP) is 1.44. The number of amides is 1. The monoisotopic (exact) mass is 242 g/mol. The van der Waals surface area contributed by atoms with Gasteiger partial charge >= 0.3 is 0 Å². The average molecular weight is 242 g/mol. The highest BCUT2D eigenvalue weighted by Crippen LogP contribution is 2.27. The van der Waals surface area contributed by atoms with E-state index in [0.717, 1.165) is 19.3 Å². The van der Waals surface area contributed by atoms with Crippen molar-refractivity contribution in [2.45, 2.75) is 58.6 Å². The summed E-state index contributed by atoms with van der Waals surface area (Å²) in [5, 5.41) is 3.10. The van der Waals surface area contributed by atoms with E-state index in [1.54, 1.807) is 0 Å². The van der Waals surface area contributed by atoms with Crippen molar-refractivity contribution < 1.29 is 9.53 Å². The van der Waals surface area contributed by atoms with E-state index in [9.17, 15) is 4.79 Å². The van der Waals surface area contributed by atoms with Gasteiger partial charge in [0.1, 0.15) is 5.60 Å². The summed E-state index contributed by atoms with van der Waals surface area (Å²) in [5.74, 6) is 0.00313. The van der Waals surface area contributed by atoms with Crippen LogP contribution in [-0.4, -0.2) is 30.7 Å². The Morgan fingerprint density at radius 1 is 1.53 bits per heavy atom. The van der Waals surface area contributed by atoms with Crippen LogP contribution >= 0.6 is 0 Å². The molecular weight excluding hydrogens is 216 g/mol. The third-order valence-corrected chi connectivity index (χ3v) is 3.51. The second-order valence-electron chi connectivity index (χ2n) is 6.15. The fourth-order valence-corrected chi connectivity index (χ4v) is 2.16. The molecule has 0 aromatic rings. The van der Waals surface area contributed by atoms with E-state index in [2.05, 4.69) is 26.1 Å². The fraction of sp³-hybridized carbons (Fsp3) is 0.923. The molecule has 100 valence electrons. The molecule has 0 saturated carbocycles. The van der Waals surface area contributed by atoms with Gasteiger partial charge in [0.15, 0.2) is 0 Å². The molecule has 1 aliphatic heterocycles. The molecule has 0 aromatic heterocycles. The molecule has 0 aromatic carbocycles. The fourth-order valence-electron chi connectivity index (χ4n) is 2.16. The first-order chi connectivity index (χ1) is 7.79. The highest BCUT2D eigenvalue weighted by molar-refractivity contribution is 5.85. The SMILES string of the molecule is CC1(C(=O)NC(CCN)C(C)(C)C)CCCO1. The molecule has 1 amide bonds. The van der Waals surface area contributed by atoms with Gasteiger partial charge in [0.2, 0.25) is 0 Å². The van der Waals surface area contributed by atoms with Gasteiger partial charge in [0.25, 0.3) is 5.91 Å². The lowest BCUT2D eigenvalue weighted by Crippen LogP contribution is -2.52. The molecule has 1 aliphatic rings. The summed E-state index contributed by atoms with van der Waals surface area (Å²) >= 11 is 0. The van der Waals surface area contributed by atoms with Gasteiger partial charge in [-0.2, -0.15) is 0 Å². The number of hydrogen-bond donors (Lipinski definition) is 2. The zero-order chi connectivity index (χ0) is 13.1. The molecule has 0 radical (unpaired) electrons. The summed E-state index contributed by atoms with van der Waals surface area (Å²) in [6, 6.07) is 0.0982. The second-order valence-corrected chi connectivity index (χ2v) is 6.15. The molecule has 2 atom stereocenters. The van der Waals surface area contributed by atoms with E-state index in [1.165, 1.54) is 0 Å². The molecule has 0 spiro atoms. The van der Waals surface area contributed by atoms with E-state index >= 15 is 0 Å². The zero-order valence-corrected chi connectivity index (χ0v) is 11.5. The maximum absolute atomic E-state index is 12.2. The van der Waals surface area contributed by atoms with Gasteiger partial charge in [-0.15, -0.1) is 0 Å². The van der Waals surface area contributed by atoms with E-state index in [0.29, 0.717) is 13.2 Å². The summed E-state index contributed by atoms with van der Waals surface area (Å²) in [4.78, 5) is 12.2. The van der Waals surface area contributed by atoms with Crippen molar-refractivity contribution >= 4 is 5.91 Å². The molecule has 4 heteroatoms. The van der Waals surface area contributed by atoms with Crippen molar-refractivity contribution in [3.8, 4) is 0 Å². The Balaban J connectivity index is 2.64. The standard InChI is InChI=1S/C13H26N2O2/c1-12(2,3)10(6-8-14)15-11(16)13(4)7-5-9-17-13/h10H,5-9,14H2,1-4H3,(H,15,16). The molecule has 0 bridgehead atoms. The molecule has 1 fully saturated rings. The summed E-state index contributed by atoms with van der Waals surface area (Å²) < 4.78 is 5.55. The Morgan fingerprint density at radius 2 is 2.18 bits per heavy atom. The first kappa shape index (κ1) is 14.5. The minimum atomic E-state index is -0.641. The minimum Gasteiger partial charge on any atom is -0.365 e. The summed E-state index contributed by atoms with van der Waals surface area (Å²) in [6.45, 7) is 9.49. The van der Waals surface area contributed by atoms with Crippen molar-refractivity contribution in [2.24, 2.45) is 11.1 Å². The predicted molar refractivity (Wildman–Crippen MR) is 68.6 cm³/mol. The van der Waals surface area contributed by atoms with Crippen LogP contribution in [0.1, 0.15) is 47.0 Å². The largest absolute Gasteiger partial charge is 0.365 e. The van der Waals surface area contributed by atoms with Crippen LogP contribution in [0.3, 0.4) is 0 Å². The van der Waals surface area contributed by atoms with Gasteiger partial charge in [-0.3, -0.25) is 4.79 Å². The van der Waals surface area contributed by atoms with Gasteiger partial charge in [-0.25, -0.2) is 0 Å². The number of ether oxygens (including phenoxy) is 1. The smallest absolute Gasteiger partial charge is 0.252 e.